The molecule has 0 fully saturated rings. The SMILES string of the molecule is O=[N+]([O-])c1cc(F)ccc1S(=O)(=O)NC(CO)CO. The van der Waals surface area contributed by atoms with E-state index in [2.05, 4.69) is 0 Å². The lowest BCUT2D eigenvalue weighted by Gasteiger charge is -2.13. The molecule has 0 aliphatic carbocycles. The van der Waals surface area contributed by atoms with Gasteiger partial charge in [0.2, 0.25) is 10.0 Å². The summed E-state index contributed by atoms with van der Waals surface area (Å²) in [5.74, 6) is -0.952. The van der Waals surface area contributed by atoms with Crippen molar-refractivity contribution in [3.8, 4) is 0 Å². The second-order valence-corrected chi connectivity index (χ2v) is 5.23. The number of nitro groups is 1. The Labute approximate surface area is 107 Å². The topological polar surface area (TPSA) is 130 Å². The molecule has 106 valence electrons. The highest BCUT2D eigenvalue weighted by molar-refractivity contribution is 7.89. The number of nitrogens with zero attached hydrogens (tertiary/aromatic N) is 1. The van der Waals surface area contributed by atoms with E-state index in [0.29, 0.717) is 6.07 Å². The fraction of sp³-hybridized carbons (Fsp3) is 0.333. The Balaban J connectivity index is 3.25. The van der Waals surface area contributed by atoms with E-state index >= 15 is 0 Å². The van der Waals surface area contributed by atoms with Crippen molar-refractivity contribution in [3.05, 3.63) is 34.1 Å². The number of nitrogens with one attached hydrogen (secondary N) is 1. The van der Waals surface area contributed by atoms with E-state index in [1.54, 1.807) is 0 Å². The highest BCUT2D eigenvalue weighted by Crippen LogP contribution is 2.24. The van der Waals surface area contributed by atoms with Crippen molar-refractivity contribution in [2.24, 2.45) is 0 Å². The standard InChI is InChI=1S/C9H11FN2O6S/c10-6-1-2-9(8(3-6)12(15)16)19(17,18)11-7(4-13)5-14/h1-3,7,11,13-14H,4-5H2. The van der Waals surface area contributed by atoms with Gasteiger partial charge in [-0.15, -0.1) is 0 Å². The monoisotopic (exact) mass is 294 g/mol. The summed E-state index contributed by atoms with van der Waals surface area (Å²) in [5.41, 5.74) is -0.929. The number of halogens is 1. The highest BCUT2D eigenvalue weighted by Gasteiger charge is 2.28. The van der Waals surface area contributed by atoms with Crippen LogP contribution in [-0.2, 0) is 10.0 Å². The van der Waals surface area contributed by atoms with Gasteiger partial charge in [0.15, 0.2) is 4.90 Å². The average Bonchev–Trinajstić information content (AvgIpc) is 2.35. The molecule has 0 atom stereocenters. The molecule has 0 saturated heterocycles. The van der Waals surface area contributed by atoms with E-state index < -0.39 is 50.6 Å². The van der Waals surface area contributed by atoms with Crippen molar-refractivity contribution >= 4 is 15.7 Å². The minimum atomic E-state index is -4.35. The van der Waals surface area contributed by atoms with Crippen molar-refractivity contribution in [3.63, 3.8) is 0 Å². The fourth-order valence-corrected chi connectivity index (χ4v) is 2.65. The van der Waals surface area contributed by atoms with E-state index in [-0.39, 0.29) is 0 Å². The van der Waals surface area contributed by atoms with Crippen molar-refractivity contribution < 1.29 is 27.9 Å². The number of hydrogen-bond acceptors (Lipinski definition) is 6. The second-order valence-electron chi connectivity index (χ2n) is 3.55. The van der Waals surface area contributed by atoms with E-state index in [0.717, 1.165) is 12.1 Å². The van der Waals surface area contributed by atoms with Crippen LogP contribution < -0.4 is 4.72 Å². The summed E-state index contributed by atoms with van der Waals surface area (Å²) in [4.78, 5) is 8.91. The Morgan fingerprint density at radius 2 is 1.95 bits per heavy atom. The molecule has 0 unspecified atom stereocenters. The van der Waals surface area contributed by atoms with Crippen LogP contribution in [-0.4, -0.2) is 42.8 Å². The van der Waals surface area contributed by atoms with Gasteiger partial charge >= 0.3 is 0 Å². The maximum absolute atomic E-state index is 12.9. The third-order valence-corrected chi connectivity index (χ3v) is 3.74. The van der Waals surface area contributed by atoms with Gasteiger partial charge in [0.05, 0.1) is 30.2 Å². The normalized spacial score (nSPS) is 11.8. The minimum Gasteiger partial charge on any atom is -0.395 e. The van der Waals surface area contributed by atoms with Crippen LogP contribution in [0, 0.1) is 15.9 Å². The molecule has 0 aromatic heterocycles. The van der Waals surface area contributed by atoms with E-state index in [4.69, 9.17) is 10.2 Å². The lowest BCUT2D eigenvalue weighted by molar-refractivity contribution is -0.388. The summed E-state index contributed by atoms with van der Waals surface area (Å²) >= 11 is 0. The van der Waals surface area contributed by atoms with Crippen LogP contribution in [0.4, 0.5) is 10.1 Å². The predicted molar refractivity (Wildman–Crippen MR) is 61.3 cm³/mol. The zero-order chi connectivity index (χ0) is 14.6. The zero-order valence-corrected chi connectivity index (χ0v) is 10.3. The predicted octanol–water partition coefficient (Wildman–Crippen LogP) is -0.635. The Morgan fingerprint density at radius 1 is 1.37 bits per heavy atom. The lowest BCUT2D eigenvalue weighted by atomic mass is 10.3. The van der Waals surface area contributed by atoms with Gasteiger partial charge in [-0.2, -0.15) is 0 Å². The van der Waals surface area contributed by atoms with E-state index in [9.17, 15) is 22.9 Å². The number of aliphatic hydroxyl groups excluding tert-OH is 2. The van der Waals surface area contributed by atoms with Gasteiger partial charge in [0.1, 0.15) is 5.82 Å². The minimum absolute atomic E-state index is 0.474. The summed E-state index contributed by atoms with van der Waals surface area (Å²) in [7, 11) is -4.35. The van der Waals surface area contributed by atoms with Crippen LogP contribution in [0.2, 0.25) is 0 Å². The number of nitro benzene ring substituents is 1. The lowest BCUT2D eigenvalue weighted by Crippen LogP contribution is -2.40. The van der Waals surface area contributed by atoms with Gasteiger partial charge in [0, 0.05) is 0 Å². The van der Waals surface area contributed by atoms with Crippen LogP contribution in [0.25, 0.3) is 0 Å². The molecule has 1 rings (SSSR count). The van der Waals surface area contributed by atoms with Gasteiger partial charge in [-0.1, -0.05) is 0 Å². The van der Waals surface area contributed by atoms with E-state index in [1.807, 2.05) is 4.72 Å². The zero-order valence-electron chi connectivity index (χ0n) is 9.48. The number of benzene rings is 1. The summed E-state index contributed by atoms with van der Waals surface area (Å²) in [6, 6.07) is 0.770. The van der Waals surface area contributed by atoms with Gasteiger partial charge in [0.25, 0.3) is 5.69 Å². The molecule has 0 saturated carbocycles. The first kappa shape index (κ1) is 15.4. The van der Waals surface area contributed by atoms with Crippen LogP contribution in [0.1, 0.15) is 0 Å². The largest absolute Gasteiger partial charge is 0.395 e. The first-order chi connectivity index (χ1) is 8.81. The van der Waals surface area contributed by atoms with Crippen LogP contribution >= 0.6 is 0 Å². The quantitative estimate of drug-likeness (QED) is 0.473. The van der Waals surface area contributed by atoms with Crippen molar-refractivity contribution in [1.82, 2.24) is 4.72 Å². The van der Waals surface area contributed by atoms with Crippen LogP contribution in [0.15, 0.2) is 23.1 Å². The molecule has 8 nitrogen and oxygen atoms in total. The van der Waals surface area contributed by atoms with Gasteiger partial charge in [-0.3, -0.25) is 10.1 Å². The Morgan fingerprint density at radius 3 is 2.42 bits per heavy atom. The van der Waals surface area contributed by atoms with Crippen molar-refractivity contribution in [2.75, 3.05) is 13.2 Å². The molecule has 10 heteroatoms. The molecule has 1 aromatic rings. The fourth-order valence-electron chi connectivity index (χ4n) is 1.28. The number of aliphatic hydroxyl groups is 2. The molecule has 0 spiro atoms. The number of sulfonamides is 1. The molecular formula is C9H11FN2O6S. The molecule has 0 aliphatic heterocycles. The molecule has 0 heterocycles. The summed E-state index contributed by atoms with van der Waals surface area (Å²) in [5, 5.41) is 28.2. The van der Waals surface area contributed by atoms with Crippen molar-refractivity contribution in [1.29, 1.82) is 0 Å². The molecule has 19 heavy (non-hydrogen) atoms. The molecule has 0 aliphatic rings. The summed E-state index contributed by atoms with van der Waals surface area (Å²) < 4.78 is 38.4. The Kier molecular flexibility index (Phi) is 4.89. The third kappa shape index (κ3) is 3.67. The van der Waals surface area contributed by atoms with Gasteiger partial charge in [-0.25, -0.2) is 17.5 Å². The number of rotatable bonds is 6. The highest BCUT2D eigenvalue weighted by atomic mass is 32.2. The maximum atomic E-state index is 12.9. The van der Waals surface area contributed by atoms with Crippen LogP contribution in [0.3, 0.4) is 0 Å². The summed E-state index contributed by atoms with van der Waals surface area (Å²) in [6.45, 7) is -1.38. The first-order valence-corrected chi connectivity index (χ1v) is 6.48. The molecule has 0 bridgehead atoms. The average molecular weight is 294 g/mol. The smallest absolute Gasteiger partial charge is 0.292 e. The summed E-state index contributed by atoms with van der Waals surface area (Å²) in [6.07, 6.45) is 0. The Hall–Kier alpha value is -1.62. The van der Waals surface area contributed by atoms with Gasteiger partial charge < -0.3 is 10.2 Å². The molecule has 1 aromatic carbocycles. The maximum Gasteiger partial charge on any atom is 0.292 e. The third-order valence-electron chi connectivity index (χ3n) is 2.17. The first-order valence-electron chi connectivity index (χ1n) is 4.99. The Bertz CT molecular complexity index is 572. The van der Waals surface area contributed by atoms with Gasteiger partial charge in [-0.05, 0) is 12.1 Å². The van der Waals surface area contributed by atoms with E-state index in [1.165, 1.54) is 0 Å². The molecule has 0 amide bonds. The molecule has 3 N–H and O–H groups in total. The molecular weight excluding hydrogens is 283 g/mol. The van der Waals surface area contributed by atoms with Crippen molar-refractivity contribution in [2.45, 2.75) is 10.9 Å². The van der Waals surface area contributed by atoms with Crippen LogP contribution in [0.5, 0.6) is 0 Å². The molecule has 0 radical (unpaired) electrons. The number of hydrogen-bond donors (Lipinski definition) is 3. The second kappa shape index (κ2) is 6.02.